The minimum atomic E-state index is -0.0444. The average Bonchev–Trinajstić information content (AvgIpc) is 2.60. The zero-order valence-electron chi connectivity index (χ0n) is 13.8. The first-order valence-electron chi connectivity index (χ1n) is 7.55. The molecule has 0 saturated carbocycles. The summed E-state index contributed by atoms with van der Waals surface area (Å²) in [5.41, 5.74) is 1.77. The molecule has 1 unspecified atom stereocenters. The number of ether oxygens (including phenoxy) is 4. The molecule has 0 saturated heterocycles. The van der Waals surface area contributed by atoms with Crippen molar-refractivity contribution in [1.82, 2.24) is 0 Å². The second-order valence-corrected chi connectivity index (χ2v) is 5.58. The first-order chi connectivity index (χ1) is 11.6. The molecule has 2 aromatic rings. The van der Waals surface area contributed by atoms with Gasteiger partial charge < -0.3 is 29.2 Å². The molecule has 0 radical (unpaired) electrons. The predicted octanol–water partition coefficient (Wildman–Crippen LogP) is 2.84. The van der Waals surface area contributed by atoms with Crippen molar-refractivity contribution in [2.24, 2.45) is 0 Å². The van der Waals surface area contributed by atoms with Gasteiger partial charge in [0.2, 0.25) is 5.75 Å². The lowest BCUT2D eigenvalue weighted by Gasteiger charge is -2.28. The number of rotatable bonds is 4. The summed E-state index contributed by atoms with van der Waals surface area (Å²) in [5, 5.41) is 19.7. The number of hydrogen-bond acceptors (Lipinski definition) is 6. The molecule has 1 heterocycles. The van der Waals surface area contributed by atoms with Crippen LogP contribution in [-0.2, 0) is 6.42 Å². The second-order valence-electron chi connectivity index (χ2n) is 5.58. The molecule has 0 spiro atoms. The van der Waals surface area contributed by atoms with Crippen molar-refractivity contribution < 1.29 is 29.2 Å². The molecule has 6 heteroatoms. The Balaban J connectivity index is 2.07. The predicted molar refractivity (Wildman–Crippen MR) is 87.8 cm³/mol. The fourth-order valence-corrected chi connectivity index (χ4v) is 3.12. The Bertz CT molecular complexity index is 756. The monoisotopic (exact) mass is 332 g/mol. The van der Waals surface area contributed by atoms with Gasteiger partial charge >= 0.3 is 0 Å². The molecule has 24 heavy (non-hydrogen) atoms. The molecule has 0 bridgehead atoms. The molecule has 0 aromatic heterocycles. The highest BCUT2D eigenvalue weighted by molar-refractivity contribution is 5.63. The van der Waals surface area contributed by atoms with E-state index in [1.807, 2.05) is 6.07 Å². The molecule has 6 nitrogen and oxygen atoms in total. The molecule has 0 amide bonds. The van der Waals surface area contributed by atoms with Gasteiger partial charge in [0.15, 0.2) is 11.5 Å². The summed E-state index contributed by atoms with van der Waals surface area (Å²) in [6.45, 7) is 0.400. The van der Waals surface area contributed by atoms with Crippen molar-refractivity contribution in [2.75, 3.05) is 27.9 Å². The third-order valence-electron chi connectivity index (χ3n) is 4.21. The highest BCUT2D eigenvalue weighted by Crippen LogP contribution is 2.49. The molecule has 1 aliphatic heterocycles. The van der Waals surface area contributed by atoms with Gasteiger partial charge in [0, 0.05) is 23.6 Å². The van der Waals surface area contributed by atoms with E-state index in [4.69, 9.17) is 18.9 Å². The van der Waals surface area contributed by atoms with E-state index >= 15 is 0 Å². The van der Waals surface area contributed by atoms with Gasteiger partial charge in [-0.1, -0.05) is 6.07 Å². The molecule has 0 aliphatic carbocycles. The summed E-state index contributed by atoms with van der Waals surface area (Å²) in [7, 11) is 4.54. The largest absolute Gasteiger partial charge is 0.508 e. The van der Waals surface area contributed by atoms with Crippen molar-refractivity contribution in [3.63, 3.8) is 0 Å². The van der Waals surface area contributed by atoms with Gasteiger partial charge in [-0.15, -0.1) is 0 Å². The smallest absolute Gasteiger partial charge is 0.203 e. The molecule has 1 atom stereocenters. The maximum absolute atomic E-state index is 10.1. The Labute approximate surface area is 140 Å². The maximum atomic E-state index is 10.1. The van der Waals surface area contributed by atoms with Gasteiger partial charge in [0.1, 0.15) is 17.2 Å². The third kappa shape index (κ3) is 2.64. The summed E-state index contributed by atoms with van der Waals surface area (Å²) in [6, 6.07) is 6.60. The van der Waals surface area contributed by atoms with Gasteiger partial charge in [0.25, 0.3) is 0 Å². The molecule has 2 aromatic carbocycles. The van der Waals surface area contributed by atoms with E-state index in [9.17, 15) is 10.2 Å². The second kappa shape index (κ2) is 6.39. The van der Waals surface area contributed by atoms with E-state index in [-0.39, 0.29) is 23.2 Å². The van der Waals surface area contributed by atoms with Gasteiger partial charge in [-0.05, 0) is 18.1 Å². The van der Waals surface area contributed by atoms with Gasteiger partial charge in [0.05, 0.1) is 27.9 Å². The van der Waals surface area contributed by atoms with Crippen LogP contribution in [0.1, 0.15) is 17.0 Å². The summed E-state index contributed by atoms with van der Waals surface area (Å²) >= 11 is 0. The number of fused-ring (bicyclic) bond motifs is 1. The Hall–Kier alpha value is -2.76. The highest BCUT2D eigenvalue weighted by Gasteiger charge is 2.30. The van der Waals surface area contributed by atoms with E-state index in [0.717, 1.165) is 11.1 Å². The van der Waals surface area contributed by atoms with Gasteiger partial charge in [-0.25, -0.2) is 0 Å². The fraction of sp³-hybridized carbons (Fsp3) is 0.333. The summed E-state index contributed by atoms with van der Waals surface area (Å²) in [5.74, 6) is 1.98. The van der Waals surface area contributed by atoms with Crippen molar-refractivity contribution >= 4 is 0 Å². The summed E-state index contributed by atoms with van der Waals surface area (Å²) < 4.78 is 22.0. The average molecular weight is 332 g/mol. The van der Waals surface area contributed by atoms with Crippen molar-refractivity contribution in [1.29, 1.82) is 0 Å². The van der Waals surface area contributed by atoms with Gasteiger partial charge in [-0.3, -0.25) is 0 Å². The number of phenolic OH excluding ortho intramolecular Hbond substituents is 2. The fourth-order valence-electron chi connectivity index (χ4n) is 3.12. The number of aromatic hydroxyl groups is 2. The standard InChI is InChI=1S/C18H20O6/c1-21-15-8-13(20)17(22-2)18(23-3)16(15)11-6-10-4-5-12(19)7-14(10)24-9-11/h4-5,7-8,11,19-20H,6,9H2,1-3H3. The third-order valence-corrected chi connectivity index (χ3v) is 4.21. The lowest BCUT2D eigenvalue weighted by Crippen LogP contribution is -2.20. The number of phenols is 2. The maximum Gasteiger partial charge on any atom is 0.203 e. The van der Waals surface area contributed by atoms with Crippen LogP contribution in [0.15, 0.2) is 24.3 Å². The Morgan fingerprint density at radius 1 is 1.00 bits per heavy atom. The molecule has 128 valence electrons. The molecule has 2 N–H and O–H groups in total. The highest BCUT2D eigenvalue weighted by atomic mass is 16.5. The number of hydrogen-bond donors (Lipinski definition) is 2. The number of benzene rings is 2. The van der Waals surface area contributed by atoms with Crippen LogP contribution >= 0.6 is 0 Å². The van der Waals surface area contributed by atoms with E-state index in [1.54, 1.807) is 19.2 Å². The Morgan fingerprint density at radius 2 is 1.75 bits per heavy atom. The lowest BCUT2D eigenvalue weighted by atomic mass is 9.88. The van der Waals surface area contributed by atoms with Crippen molar-refractivity contribution in [2.45, 2.75) is 12.3 Å². The van der Waals surface area contributed by atoms with Crippen LogP contribution in [0.4, 0.5) is 0 Å². The minimum absolute atomic E-state index is 0.0403. The molecule has 0 fully saturated rings. The summed E-state index contributed by atoms with van der Waals surface area (Å²) in [6.07, 6.45) is 0.691. The van der Waals surface area contributed by atoms with E-state index in [0.29, 0.717) is 30.3 Å². The number of methoxy groups -OCH3 is 3. The molecular formula is C18H20O6. The van der Waals surface area contributed by atoms with Crippen LogP contribution in [0.25, 0.3) is 0 Å². The van der Waals surface area contributed by atoms with Crippen LogP contribution in [0.3, 0.4) is 0 Å². The molecule has 3 rings (SSSR count). The Kier molecular flexibility index (Phi) is 4.29. The topological polar surface area (TPSA) is 77.4 Å². The zero-order valence-corrected chi connectivity index (χ0v) is 13.8. The van der Waals surface area contributed by atoms with Crippen molar-refractivity contribution in [3.8, 4) is 34.5 Å². The van der Waals surface area contributed by atoms with E-state index in [1.165, 1.54) is 20.3 Å². The Morgan fingerprint density at radius 3 is 2.42 bits per heavy atom. The zero-order chi connectivity index (χ0) is 17.3. The van der Waals surface area contributed by atoms with Crippen LogP contribution in [0, 0.1) is 0 Å². The quantitative estimate of drug-likeness (QED) is 0.896. The van der Waals surface area contributed by atoms with Crippen molar-refractivity contribution in [3.05, 3.63) is 35.4 Å². The van der Waals surface area contributed by atoms with Crippen LogP contribution in [0.5, 0.6) is 34.5 Å². The van der Waals surface area contributed by atoms with Gasteiger partial charge in [-0.2, -0.15) is 0 Å². The van der Waals surface area contributed by atoms with Crippen LogP contribution in [-0.4, -0.2) is 38.1 Å². The van der Waals surface area contributed by atoms with Crippen LogP contribution in [0.2, 0.25) is 0 Å². The molecule has 1 aliphatic rings. The molecular weight excluding hydrogens is 312 g/mol. The minimum Gasteiger partial charge on any atom is -0.508 e. The van der Waals surface area contributed by atoms with E-state index in [2.05, 4.69) is 0 Å². The first kappa shape index (κ1) is 16.1. The normalized spacial score (nSPS) is 16.0. The van der Waals surface area contributed by atoms with E-state index < -0.39 is 0 Å². The van der Waals surface area contributed by atoms with Crippen LogP contribution < -0.4 is 18.9 Å². The summed E-state index contributed by atoms with van der Waals surface area (Å²) in [4.78, 5) is 0. The lowest BCUT2D eigenvalue weighted by molar-refractivity contribution is 0.251. The first-order valence-corrected chi connectivity index (χ1v) is 7.55. The SMILES string of the molecule is COc1cc(O)c(OC)c(OC)c1C1COc2cc(O)ccc2C1.